The first kappa shape index (κ1) is 27.0. The van der Waals surface area contributed by atoms with Gasteiger partial charge < -0.3 is 10.1 Å². The largest absolute Gasteiger partial charge is 0.482 e. The van der Waals surface area contributed by atoms with Crippen LogP contribution in [-0.2, 0) is 4.79 Å². The Bertz CT molecular complexity index is 1620. The van der Waals surface area contributed by atoms with Crippen molar-refractivity contribution in [2.75, 3.05) is 11.9 Å². The van der Waals surface area contributed by atoms with Crippen molar-refractivity contribution in [3.8, 4) is 5.75 Å². The van der Waals surface area contributed by atoms with Gasteiger partial charge in [-0.2, -0.15) is 9.78 Å². The van der Waals surface area contributed by atoms with Crippen LogP contribution in [0, 0.1) is 5.82 Å². The van der Waals surface area contributed by atoms with Crippen LogP contribution in [0.1, 0.15) is 49.4 Å². The van der Waals surface area contributed by atoms with Crippen LogP contribution < -0.4 is 15.6 Å². The van der Waals surface area contributed by atoms with Crippen LogP contribution in [0.3, 0.4) is 0 Å². The average molecular weight is 612 g/mol. The smallest absolute Gasteiger partial charge is 0.282 e. The predicted molar refractivity (Wildman–Crippen MR) is 154 cm³/mol. The van der Waals surface area contributed by atoms with Gasteiger partial charge in [-0.3, -0.25) is 9.59 Å². The lowest BCUT2D eigenvalue weighted by Crippen LogP contribution is -2.25. The summed E-state index contributed by atoms with van der Waals surface area (Å²) in [6.45, 7) is -0.389. The maximum atomic E-state index is 13.9. The molecule has 1 heterocycles. The van der Waals surface area contributed by atoms with Gasteiger partial charge in [0.2, 0.25) is 0 Å². The lowest BCUT2D eigenvalue weighted by atomic mass is 9.88. The van der Waals surface area contributed by atoms with Crippen molar-refractivity contribution in [3.63, 3.8) is 0 Å². The molecule has 3 aromatic carbocycles. The molecule has 1 fully saturated rings. The Hall–Kier alpha value is -3.56. The molecule has 1 aliphatic carbocycles. The number of benzene rings is 3. The topological polar surface area (TPSA) is 85.6 Å². The number of anilines is 1. The minimum absolute atomic E-state index is 0.0569. The first-order valence-electron chi connectivity index (χ1n) is 12.6. The zero-order chi connectivity index (χ0) is 27.4. The molecule has 7 nitrogen and oxygen atoms in total. The molecule has 39 heavy (non-hydrogen) atoms. The molecule has 1 N–H and O–H groups in total. The quantitative estimate of drug-likeness (QED) is 0.231. The number of carbonyl (C=O) groups is 1. The second-order valence-corrected chi connectivity index (χ2v) is 10.6. The van der Waals surface area contributed by atoms with Crippen LogP contribution >= 0.6 is 27.5 Å². The molecule has 5 rings (SSSR count). The number of ether oxygens (including phenoxy) is 1. The van der Waals surface area contributed by atoms with Crippen molar-refractivity contribution in [2.45, 2.75) is 38.0 Å². The van der Waals surface area contributed by atoms with Crippen molar-refractivity contribution in [1.82, 2.24) is 9.66 Å². The van der Waals surface area contributed by atoms with E-state index < -0.39 is 11.7 Å². The fourth-order valence-electron chi connectivity index (χ4n) is 4.71. The number of halogens is 3. The van der Waals surface area contributed by atoms with Gasteiger partial charge in [0.05, 0.1) is 27.3 Å². The van der Waals surface area contributed by atoms with Gasteiger partial charge in [0, 0.05) is 16.5 Å². The summed E-state index contributed by atoms with van der Waals surface area (Å²) in [6, 6.07) is 16.4. The Balaban J connectivity index is 1.47. The van der Waals surface area contributed by atoms with Crippen LogP contribution in [0.15, 0.2) is 75.0 Å². The fourth-order valence-corrected chi connectivity index (χ4v) is 5.66. The number of rotatable bonds is 7. The summed E-state index contributed by atoms with van der Waals surface area (Å²) in [5, 5.41) is 7.93. The lowest BCUT2D eigenvalue weighted by molar-refractivity contribution is -0.118. The number of hydrogen-bond acceptors (Lipinski definition) is 5. The van der Waals surface area contributed by atoms with Gasteiger partial charge in [0.25, 0.3) is 11.5 Å². The minimum atomic E-state index is -0.547. The second kappa shape index (κ2) is 12.1. The molecule has 4 aromatic rings. The summed E-state index contributed by atoms with van der Waals surface area (Å²) >= 11 is 9.74. The Morgan fingerprint density at radius 3 is 2.69 bits per heavy atom. The zero-order valence-electron chi connectivity index (χ0n) is 20.9. The highest BCUT2D eigenvalue weighted by atomic mass is 79.9. The van der Waals surface area contributed by atoms with E-state index in [0.29, 0.717) is 37.5 Å². The van der Waals surface area contributed by atoms with E-state index in [1.165, 1.54) is 35.5 Å². The van der Waals surface area contributed by atoms with Crippen molar-refractivity contribution in [2.24, 2.45) is 5.10 Å². The number of amides is 1. The van der Waals surface area contributed by atoms with Crippen LogP contribution in [0.4, 0.5) is 10.1 Å². The standard InChI is InChI=1S/C29H25BrClFN4O3/c30-22-15-20(31)14-19(27(22)39-17-26(37)34-25-13-7-5-11-23(25)32)16-33-36-28(18-8-2-1-3-9-18)35-24-12-6-4-10-21(24)29(36)38/h4-7,10-16,18H,1-3,8-9,17H2,(H,34,37). The monoisotopic (exact) mass is 610 g/mol. The van der Waals surface area contributed by atoms with Gasteiger partial charge in [-0.1, -0.05) is 55.1 Å². The van der Waals surface area contributed by atoms with Crippen LogP contribution in [0.2, 0.25) is 5.02 Å². The number of aromatic nitrogens is 2. The molecular formula is C29H25BrClFN4O3. The van der Waals surface area contributed by atoms with Gasteiger partial charge >= 0.3 is 0 Å². The fraction of sp³-hybridized carbons (Fsp3) is 0.241. The van der Waals surface area contributed by atoms with Crippen LogP contribution in [0.25, 0.3) is 10.9 Å². The SMILES string of the molecule is O=C(COc1c(Br)cc(Cl)cc1C=Nn1c(C2CCCCC2)nc2ccccc2c1=O)Nc1ccccc1F. The van der Waals surface area contributed by atoms with Gasteiger partial charge in [0.15, 0.2) is 6.61 Å². The molecule has 10 heteroatoms. The van der Waals surface area contributed by atoms with Crippen molar-refractivity contribution < 1.29 is 13.9 Å². The van der Waals surface area contributed by atoms with Crippen molar-refractivity contribution in [3.05, 3.63) is 97.7 Å². The molecule has 0 bridgehead atoms. The number of fused-ring (bicyclic) bond motifs is 1. The number of hydrogen-bond donors (Lipinski definition) is 1. The van der Waals surface area contributed by atoms with E-state index in [2.05, 4.69) is 26.3 Å². The van der Waals surface area contributed by atoms with E-state index >= 15 is 0 Å². The third-order valence-corrected chi connectivity index (χ3v) is 7.40. The Labute approximate surface area is 237 Å². The molecule has 0 spiro atoms. The number of carbonyl (C=O) groups excluding carboxylic acids is 1. The van der Waals surface area contributed by atoms with Gasteiger partial charge in [-0.15, -0.1) is 0 Å². The molecule has 200 valence electrons. The maximum absolute atomic E-state index is 13.9. The molecule has 0 atom stereocenters. The normalized spacial score (nSPS) is 14.1. The number of para-hydroxylation sites is 2. The third-order valence-electron chi connectivity index (χ3n) is 6.59. The molecule has 1 saturated carbocycles. The van der Waals surface area contributed by atoms with Gasteiger partial charge in [0.1, 0.15) is 17.4 Å². The highest BCUT2D eigenvalue weighted by molar-refractivity contribution is 9.10. The molecule has 0 radical (unpaired) electrons. The second-order valence-electron chi connectivity index (χ2n) is 9.31. The van der Waals surface area contributed by atoms with E-state index in [1.807, 2.05) is 12.1 Å². The number of nitrogens with zero attached hydrogens (tertiary/aromatic N) is 3. The third kappa shape index (κ3) is 6.20. The van der Waals surface area contributed by atoms with Crippen LogP contribution in [0.5, 0.6) is 5.75 Å². The highest BCUT2D eigenvalue weighted by Gasteiger charge is 2.22. The molecule has 0 saturated heterocycles. The minimum Gasteiger partial charge on any atom is -0.482 e. The first-order chi connectivity index (χ1) is 18.9. The zero-order valence-corrected chi connectivity index (χ0v) is 23.2. The molecular weight excluding hydrogens is 587 g/mol. The highest BCUT2D eigenvalue weighted by Crippen LogP contribution is 2.33. The Kier molecular flexibility index (Phi) is 8.38. The molecule has 1 aliphatic rings. The van der Waals surface area contributed by atoms with Crippen molar-refractivity contribution in [1.29, 1.82) is 0 Å². The Morgan fingerprint density at radius 1 is 1.15 bits per heavy atom. The van der Waals surface area contributed by atoms with Gasteiger partial charge in [-0.25, -0.2) is 9.37 Å². The lowest BCUT2D eigenvalue weighted by Gasteiger charge is -2.22. The Morgan fingerprint density at radius 2 is 1.90 bits per heavy atom. The van der Waals surface area contributed by atoms with Crippen LogP contribution in [-0.4, -0.2) is 28.4 Å². The van der Waals surface area contributed by atoms with E-state index in [9.17, 15) is 14.0 Å². The van der Waals surface area contributed by atoms with E-state index in [1.54, 1.807) is 30.3 Å². The molecule has 0 unspecified atom stereocenters. The molecule has 1 aromatic heterocycles. The predicted octanol–water partition coefficient (Wildman–Crippen LogP) is 6.90. The van der Waals surface area contributed by atoms with E-state index in [4.69, 9.17) is 21.3 Å². The summed E-state index contributed by atoms with van der Waals surface area (Å²) in [5.74, 6) is -0.0404. The maximum Gasteiger partial charge on any atom is 0.282 e. The summed E-state index contributed by atoms with van der Waals surface area (Å²) in [7, 11) is 0. The summed E-state index contributed by atoms with van der Waals surface area (Å²) in [4.78, 5) is 30.8. The summed E-state index contributed by atoms with van der Waals surface area (Å²) in [6.07, 6.45) is 6.67. The van der Waals surface area contributed by atoms with E-state index in [0.717, 1.165) is 25.7 Å². The van der Waals surface area contributed by atoms with Gasteiger partial charge in [-0.05, 0) is 65.2 Å². The molecule has 0 aliphatic heterocycles. The van der Waals surface area contributed by atoms with Crippen molar-refractivity contribution >= 4 is 56.2 Å². The summed E-state index contributed by atoms with van der Waals surface area (Å²) < 4.78 is 21.6. The summed E-state index contributed by atoms with van der Waals surface area (Å²) in [5.41, 5.74) is 0.888. The first-order valence-corrected chi connectivity index (χ1v) is 13.8. The van der Waals surface area contributed by atoms with E-state index in [-0.39, 0.29) is 23.8 Å². The molecule has 1 amide bonds. The number of nitrogens with one attached hydrogen (secondary N) is 1. The average Bonchev–Trinajstić information content (AvgIpc) is 2.93.